The normalized spacial score (nSPS) is 37.7. The van der Waals surface area contributed by atoms with Crippen LogP contribution in [0.4, 0.5) is 0 Å². The fourth-order valence-electron chi connectivity index (χ4n) is 3.73. The molecule has 106 valence electrons. The van der Waals surface area contributed by atoms with E-state index in [1.54, 1.807) is 0 Å². The molecule has 0 spiro atoms. The van der Waals surface area contributed by atoms with Crippen LogP contribution >= 0.6 is 0 Å². The van der Waals surface area contributed by atoms with Gasteiger partial charge < -0.3 is 10.2 Å². The number of hydrogen-bond acceptors (Lipinski definition) is 2. The van der Waals surface area contributed by atoms with Gasteiger partial charge in [-0.15, -0.1) is 0 Å². The van der Waals surface area contributed by atoms with Crippen molar-refractivity contribution in [2.45, 2.75) is 89.3 Å². The Kier molecular flexibility index (Phi) is 5.97. The molecule has 2 nitrogen and oxygen atoms in total. The first-order valence-corrected chi connectivity index (χ1v) is 8.10. The van der Waals surface area contributed by atoms with Crippen molar-refractivity contribution in [1.82, 2.24) is 0 Å². The van der Waals surface area contributed by atoms with Crippen molar-refractivity contribution in [3.8, 4) is 0 Å². The van der Waals surface area contributed by atoms with Crippen LogP contribution in [0.3, 0.4) is 0 Å². The predicted octanol–water partition coefficient (Wildman–Crippen LogP) is 3.65. The fourth-order valence-corrected chi connectivity index (χ4v) is 3.73. The van der Waals surface area contributed by atoms with Gasteiger partial charge in [-0.05, 0) is 63.2 Å². The van der Waals surface area contributed by atoms with E-state index in [4.69, 9.17) is 0 Å². The van der Waals surface area contributed by atoms with E-state index < -0.39 is 0 Å². The van der Waals surface area contributed by atoms with Gasteiger partial charge in [-0.3, -0.25) is 0 Å². The SMILES string of the molecule is OC1CCC(CCCCC2CCC(O)CC2)CC1. The fraction of sp³-hybridized carbons (Fsp3) is 1.00. The highest BCUT2D eigenvalue weighted by molar-refractivity contribution is 4.73. The molecule has 2 N–H and O–H groups in total. The average Bonchev–Trinajstić information content (AvgIpc) is 2.39. The highest BCUT2D eigenvalue weighted by atomic mass is 16.3. The van der Waals surface area contributed by atoms with Crippen LogP contribution in [0, 0.1) is 11.8 Å². The molecule has 2 fully saturated rings. The predicted molar refractivity (Wildman–Crippen MR) is 74.4 cm³/mol. The summed E-state index contributed by atoms with van der Waals surface area (Å²) in [6.07, 6.45) is 14.6. The van der Waals surface area contributed by atoms with Gasteiger partial charge in [0.1, 0.15) is 0 Å². The van der Waals surface area contributed by atoms with Crippen LogP contribution in [0.2, 0.25) is 0 Å². The van der Waals surface area contributed by atoms with E-state index in [2.05, 4.69) is 0 Å². The standard InChI is InChI=1S/C16H30O2/c17-15-9-5-13(6-10-15)3-1-2-4-14-7-11-16(18)12-8-14/h13-18H,1-12H2. The quantitative estimate of drug-likeness (QED) is 0.735. The molecular weight excluding hydrogens is 224 g/mol. The highest BCUT2D eigenvalue weighted by Gasteiger charge is 2.20. The zero-order valence-electron chi connectivity index (χ0n) is 11.7. The van der Waals surface area contributed by atoms with Gasteiger partial charge in [0.15, 0.2) is 0 Å². The molecule has 2 aliphatic rings. The van der Waals surface area contributed by atoms with Crippen molar-refractivity contribution in [1.29, 1.82) is 0 Å². The zero-order chi connectivity index (χ0) is 12.8. The van der Waals surface area contributed by atoms with Crippen molar-refractivity contribution >= 4 is 0 Å². The summed E-state index contributed by atoms with van der Waals surface area (Å²) in [4.78, 5) is 0. The maximum absolute atomic E-state index is 9.47. The molecule has 18 heavy (non-hydrogen) atoms. The van der Waals surface area contributed by atoms with Gasteiger partial charge in [-0.25, -0.2) is 0 Å². The van der Waals surface area contributed by atoms with Gasteiger partial charge in [-0.1, -0.05) is 25.7 Å². The molecule has 2 rings (SSSR count). The van der Waals surface area contributed by atoms with Crippen LogP contribution in [0.5, 0.6) is 0 Å². The molecule has 2 saturated carbocycles. The van der Waals surface area contributed by atoms with Crippen LogP contribution in [-0.2, 0) is 0 Å². The summed E-state index contributed by atoms with van der Waals surface area (Å²) < 4.78 is 0. The molecule has 2 heteroatoms. The highest BCUT2D eigenvalue weighted by Crippen LogP contribution is 2.31. The summed E-state index contributed by atoms with van der Waals surface area (Å²) >= 11 is 0. The lowest BCUT2D eigenvalue weighted by atomic mass is 9.82. The molecule has 0 unspecified atom stereocenters. The maximum Gasteiger partial charge on any atom is 0.0540 e. The van der Waals surface area contributed by atoms with E-state index in [0.717, 1.165) is 37.5 Å². The first kappa shape index (κ1) is 14.3. The van der Waals surface area contributed by atoms with E-state index in [0.29, 0.717) is 0 Å². The van der Waals surface area contributed by atoms with Crippen LogP contribution in [0.25, 0.3) is 0 Å². The monoisotopic (exact) mass is 254 g/mol. The Morgan fingerprint density at radius 1 is 0.556 bits per heavy atom. The van der Waals surface area contributed by atoms with Crippen LogP contribution < -0.4 is 0 Å². The summed E-state index contributed by atoms with van der Waals surface area (Å²) in [7, 11) is 0. The van der Waals surface area contributed by atoms with Crippen molar-refractivity contribution in [2.24, 2.45) is 11.8 Å². The van der Waals surface area contributed by atoms with Crippen molar-refractivity contribution in [3.05, 3.63) is 0 Å². The van der Waals surface area contributed by atoms with Crippen molar-refractivity contribution < 1.29 is 10.2 Å². The Labute approximate surface area is 112 Å². The maximum atomic E-state index is 9.47. The summed E-state index contributed by atoms with van der Waals surface area (Å²) in [5, 5.41) is 18.9. The molecule has 0 saturated heterocycles. The number of rotatable bonds is 5. The van der Waals surface area contributed by atoms with E-state index in [9.17, 15) is 10.2 Å². The Bertz CT molecular complexity index is 189. The number of aliphatic hydroxyl groups excluding tert-OH is 2. The van der Waals surface area contributed by atoms with E-state index in [-0.39, 0.29) is 12.2 Å². The van der Waals surface area contributed by atoms with Crippen LogP contribution in [-0.4, -0.2) is 22.4 Å². The molecule has 0 atom stereocenters. The second kappa shape index (κ2) is 7.49. The molecule has 0 aromatic heterocycles. The first-order valence-electron chi connectivity index (χ1n) is 8.10. The molecule has 0 heterocycles. The Balaban J connectivity index is 1.48. The molecule has 0 amide bonds. The first-order chi connectivity index (χ1) is 8.74. The van der Waals surface area contributed by atoms with E-state index >= 15 is 0 Å². The summed E-state index contributed by atoms with van der Waals surface area (Å²) in [5.74, 6) is 1.78. The second-order valence-electron chi connectivity index (χ2n) is 6.63. The summed E-state index contributed by atoms with van der Waals surface area (Å²) in [6.45, 7) is 0. The van der Waals surface area contributed by atoms with Crippen molar-refractivity contribution in [3.63, 3.8) is 0 Å². The molecule has 0 bridgehead atoms. The minimum atomic E-state index is -0.00471. The number of hydrogen-bond donors (Lipinski definition) is 2. The number of unbranched alkanes of at least 4 members (excludes halogenated alkanes) is 1. The van der Waals surface area contributed by atoms with Crippen molar-refractivity contribution in [2.75, 3.05) is 0 Å². The second-order valence-corrected chi connectivity index (χ2v) is 6.63. The van der Waals surface area contributed by atoms with Gasteiger partial charge in [0.25, 0.3) is 0 Å². The number of aliphatic hydroxyl groups is 2. The Morgan fingerprint density at radius 3 is 1.22 bits per heavy atom. The third-order valence-corrected chi connectivity index (χ3v) is 5.11. The average molecular weight is 254 g/mol. The topological polar surface area (TPSA) is 40.5 Å². The van der Waals surface area contributed by atoms with Gasteiger partial charge in [0, 0.05) is 0 Å². The smallest absolute Gasteiger partial charge is 0.0540 e. The lowest BCUT2D eigenvalue weighted by Gasteiger charge is -2.27. The van der Waals surface area contributed by atoms with E-state index in [1.807, 2.05) is 0 Å². The third-order valence-electron chi connectivity index (χ3n) is 5.11. The summed E-state index contributed by atoms with van der Waals surface area (Å²) in [5.41, 5.74) is 0. The van der Waals surface area contributed by atoms with Crippen LogP contribution in [0.15, 0.2) is 0 Å². The molecular formula is C16H30O2. The summed E-state index contributed by atoms with van der Waals surface area (Å²) in [6, 6.07) is 0. The van der Waals surface area contributed by atoms with Gasteiger partial charge in [0.05, 0.1) is 12.2 Å². The van der Waals surface area contributed by atoms with Gasteiger partial charge in [0.2, 0.25) is 0 Å². The minimum Gasteiger partial charge on any atom is -0.393 e. The Morgan fingerprint density at radius 2 is 0.889 bits per heavy atom. The molecule has 2 aliphatic carbocycles. The minimum absolute atomic E-state index is 0.00471. The lowest BCUT2D eigenvalue weighted by Crippen LogP contribution is -2.19. The molecule has 0 aromatic carbocycles. The largest absolute Gasteiger partial charge is 0.393 e. The van der Waals surface area contributed by atoms with Gasteiger partial charge in [-0.2, -0.15) is 0 Å². The van der Waals surface area contributed by atoms with Gasteiger partial charge >= 0.3 is 0 Å². The molecule has 0 radical (unpaired) electrons. The Hall–Kier alpha value is -0.0800. The zero-order valence-corrected chi connectivity index (χ0v) is 11.7. The molecule has 0 aliphatic heterocycles. The van der Waals surface area contributed by atoms with E-state index in [1.165, 1.54) is 51.4 Å². The van der Waals surface area contributed by atoms with Crippen LogP contribution in [0.1, 0.15) is 77.0 Å². The third kappa shape index (κ3) is 4.89. The molecule has 0 aromatic rings. The lowest BCUT2D eigenvalue weighted by molar-refractivity contribution is 0.102.